The molecule has 8 heteroatoms. The van der Waals surface area contributed by atoms with Gasteiger partial charge in [0.05, 0.1) is 35.7 Å². The number of aliphatic hydroxyl groups is 2. The molecule has 2 aromatic carbocycles. The Morgan fingerprint density at radius 3 is 2.46 bits per heavy atom. The number of aromatic nitrogens is 3. The van der Waals surface area contributed by atoms with Crippen molar-refractivity contribution in [3.8, 4) is 22.4 Å². The second-order valence-corrected chi connectivity index (χ2v) is 9.52. The lowest BCUT2D eigenvalue weighted by molar-refractivity contribution is -0.139. The van der Waals surface area contributed by atoms with Crippen LogP contribution in [-0.4, -0.2) is 48.1 Å². The molecule has 0 saturated heterocycles. The topological polar surface area (TPSA) is 108 Å². The summed E-state index contributed by atoms with van der Waals surface area (Å²) in [6, 6.07) is 16.1. The van der Waals surface area contributed by atoms with Gasteiger partial charge in [-0.1, -0.05) is 42.5 Å². The second kappa shape index (κ2) is 10.2. The van der Waals surface area contributed by atoms with Gasteiger partial charge >= 0.3 is 5.97 Å². The molecule has 1 aliphatic rings. The van der Waals surface area contributed by atoms with E-state index in [4.69, 9.17) is 15.2 Å². The van der Waals surface area contributed by atoms with E-state index < -0.39 is 24.6 Å². The number of aliphatic hydroxyl groups excluding tert-OH is 2. The van der Waals surface area contributed by atoms with E-state index in [1.54, 1.807) is 28.8 Å². The molecule has 2 heterocycles. The zero-order valence-corrected chi connectivity index (χ0v) is 20.4. The summed E-state index contributed by atoms with van der Waals surface area (Å²) in [5, 5.41) is 34.2. The molecular weight excluding hydrogens is 473 g/mol. The van der Waals surface area contributed by atoms with E-state index in [0.29, 0.717) is 5.65 Å². The number of aliphatic carboxylic acids is 1. The first kappa shape index (κ1) is 24.8. The Labute approximate surface area is 213 Å². The van der Waals surface area contributed by atoms with E-state index in [2.05, 4.69) is 0 Å². The number of carboxylic acid groups (broad SMARTS) is 1. The number of hydrogen-bond donors (Lipinski definition) is 3. The van der Waals surface area contributed by atoms with Crippen LogP contribution in [0.3, 0.4) is 0 Å². The van der Waals surface area contributed by atoms with Crippen molar-refractivity contribution in [1.82, 2.24) is 14.6 Å². The minimum absolute atomic E-state index is 0.109. The molecule has 1 aliphatic carbocycles. The Bertz CT molecular complexity index is 1460. The standard InChI is InChI=1S/C29H28FN3O4/c1-17-26(18-5-3-2-4-6-18)29-31-27(19-7-8-19)24(14-13-22(34)15-23(35)16-25(36)37)28(33(29)32-17)20-9-11-21(30)12-10-20/h2-6,9-14,19,22-23,34-35H,7-8,15-16H2,1H3,(H,36,37). The zero-order chi connectivity index (χ0) is 26.1. The Kier molecular flexibility index (Phi) is 6.86. The van der Waals surface area contributed by atoms with Crippen LogP contribution in [0, 0.1) is 12.7 Å². The fourth-order valence-corrected chi connectivity index (χ4v) is 4.69. The van der Waals surface area contributed by atoms with Crippen molar-refractivity contribution < 1.29 is 24.5 Å². The van der Waals surface area contributed by atoms with Crippen LogP contribution in [0.4, 0.5) is 4.39 Å². The highest BCUT2D eigenvalue weighted by Gasteiger charge is 2.31. The van der Waals surface area contributed by atoms with E-state index in [-0.39, 0.29) is 18.2 Å². The monoisotopic (exact) mass is 501 g/mol. The third-order valence-corrected chi connectivity index (χ3v) is 6.56. The number of rotatable bonds is 9. The van der Waals surface area contributed by atoms with Gasteiger partial charge in [-0.15, -0.1) is 0 Å². The number of halogens is 1. The highest BCUT2D eigenvalue weighted by Crippen LogP contribution is 2.44. The summed E-state index contributed by atoms with van der Waals surface area (Å²) in [6.07, 6.45) is 2.50. The summed E-state index contributed by atoms with van der Waals surface area (Å²) in [4.78, 5) is 16.0. The lowest BCUT2D eigenvalue weighted by Crippen LogP contribution is -2.19. The van der Waals surface area contributed by atoms with E-state index in [9.17, 15) is 19.4 Å². The van der Waals surface area contributed by atoms with Crippen molar-refractivity contribution in [2.24, 2.45) is 0 Å². The molecular formula is C29H28FN3O4. The summed E-state index contributed by atoms with van der Waals surface area (Å²) in [5.41, 5.74) is 6.55. The van der Waals surface area contributed by atoms with Crippen molar-refractivity contribution in [3.05, 3.63) is 83.4 Å². The first-order valence-corrected chi connectivity index (χ1v) is 12.3. The molecule has 1 saturated carbocycles. The van der Waals surface area contributed by atoms with Gasteiger partial charge in [-0.3, -0.25) is 4.79 Å². The molecule has 3 N–H and O–H groups in total. The lowest BCUT2D eigenvalue weighted by Gasteiger charge is -2.15. The van der Waals surface area contributed by atoms with Gasteiger partial charge in [0.1, 0.15) is 5.82 Å². The maximum Gasteiger partial charge on any atom is 0.305 e. The summed E-state index contributed by atoms with van der Waals surface area (Å²) in [6.45, 7) is 1.94. The summed E-state index contributed by atoms with van der Waals surface area (Å²) in [7, 11) is 0. The molecule has 1 fully saturated rings. The Morgan fingerprint density at radius 1 is 1.11 bits per heavy atom. The predicted octanol–water partition coefficient (Wildman–Crippen LogP) is 4.99. The minimum Gasteiger partial charge on any atom is -0.481 e. The van der Waals surface area contributed by atoms with Gasteiger partial charge < -0.3 is 15.3 Å². The van der Waals surface area contributed by atoms with E-state index in [1.807, 2.05) is 37.3 Å². The zero-order valence-electron chi connectivity index (χ0n) is 20.4. The SMILES string of the molecule is Cc1nn2c(-c3ccc(F)cc3)c(C=CC(O)CC(O)CC(=O)O)c(C3CC3)nc2c1-c1ccccc1. The highest BCUT2D eigenvalue weighted by atomic mass is 19.1. The average Bonchev–Trinajstić information content (AvgIpc) is 3.65. The van der Waals surface area contributed by atoms with Crippen LogP contribution in [0.1, 0.15) is 48.6 Å². The minimum atomic E-state index is -1.17. The van der Waals surface area contributed by atoms with Crippen LogP contribution in [0.25, 0.3) is 34.1 Å². The number of fused-ring (bicyclic) bond motifs is 1. The number of carboxylic acids is 1. The van der Waals surface area contributed by atoms with Crippen LogP contribution in [0.15, 0.2) is 60.7 Å². The first-order chi connectivity index (χ1) is 17.8. The maximum atomic E-state index is 13.8. The van der Waals surface area contributed by atoms with Gasteiger partial charge in [0.15, 0.2) is 5.65 Å². The van der Waals surface area contributed by atoms with Gasteiger partial charge in [-0.2, -0.15) is 5.10 Å². The van der Waals surface area contributed by atoms with Gasteiger partial charge in [-0.25, -0.2) is 13.9 Å². The van der Waals surface area contributed by atoms with Gasteiger partial charge in [0.25, 0.3) is 0 Å². The Hall–Kier alpha value is -3.88. The van der Waals surface area contributed by atoms with Crippen LogP contribution in [-0.2, 0) is 4.79 Å². The quantitative estimate of drug-likeness (QED) is 0.298. The molecule has 37 heavy (non-hydrogen) atoms. The van der Waals surface area contributed by atoms with Crippen molar-refractivity contribution in [2.45, 2.75) is 50.7 Å². The highest BCUT2D eigenvalue weighted by molar-refractivity contribution is 5.84. The normalized spacial score (nSPS) is 15.4. The first-order valence-electron chi connectivity index (χ1n) is 12.3. The molecule has 5 rings (SSSR count). The van der Waals surface area contributed by atoms with Crippen molar-refractivity contribution in [1.29, 1.82) is 0 Å². The summed E-state index contributed by atoms with van der Waals surface area (Å²) in [5.74, 6) is -1.23. The van der Waals surface area contributed by atoms with Crippen LogP contribution >= 0.6 is 0 Å². The number of nitrogens with zero attached hydrogens (tertiary/aromatic N) is 3. The van der Waals surface area contributed by atoms with Gasteiger partial charge in [-0.05, 0) is 49.6 Å². The Morgan fingerprint density at radius 2 is 1.81 bits per heavy atom. The smallest absolute Gasteiger partial charge is 0.305 e. The van der Waals surface area contributed by atoms with E-state index in [1.165, 1.54) is 12.1 Å². The fourth-order valence-electron chi connectivity index (χ4n) is 4.69. The average molecular weight is 502 g/mol. The third kappa shape index (κ3) is 5.30. The molecule has 2 unspecified atom stereocenters. The van der Waals surface area contributed by atoms with E-state index >= 15 is 0 Å². The molecule has 4 aromatic rings. The maximum absolute atomic E-state index is 13.8. The number of aryl methyl sites for hydroxylation is 1. The summed E-state index contributed by atoms with van der Waals surface area (Å²) >= 11 is 0. The van der Waals surface area contributed by atoms with Crippen LogP contribution in [0.5, 0.6) is 0 Å². The number of carbonyl (C=O) groups is 1. The molecule has 2 atom stereocenters. The molecule has 2 aromatic heterocycles. The van der Waals surface area contributed by atoms with Crippen LogP contribution in [0.2, 0.25) is 0 Å². The fraction of sp³-hybridized carbons (Fsp3) is 0.276. The molecule has 0 radical (unpaired) electrons. The molecule has 0 spiro atoms. The molecule has 7 nitrogen and oxygen atoms in total. The van der Waals surface area contributed by atoms with Crippen molar-refractivity contribution in [2.75, 3.05) is 0 Å². The van der Waals surface area contributed by atoms with Crippen LogP contribution < -0.4 is 0 Å². The summed E-state index contributed by atoms with van der Waals surface area (Å²) < 4.78 is 15.6. The lowest BCUT2D eigenvalue weighted by atomic mass is 9.99. The molecule has 190 valence electrons. The second-order valence-electron chi connectivity index (χ2n) is 9.52. The molecule has 0 aliphatic heterocycles. The van der Waals surface area contributed by atoms with Gasteiger partial charge in [0, 0.05) is 29.0 Å². The number of hydrogen-bond acceptors (Lipinski definition) is 5. The third-order valence-electron chi connectivity index (χ3n) is 6.56. The Balaban J connectivity index is 1.69. The molecule has 0 bridgehead atoms. The van der Waals surface area contributed by atoms with E-state index in [0.717, 1.165) is 52.2 Å². The van der Waals surface area contributed by atoms with Crippen molar-refractivity contribution >= 4 is 17.7 Å². The van der Waals surface area contributed by atoms with Crippen molar-refractivity contribution in [3.63, 3.8) is 0 Å². The van der Waals surface area contributed by atoms with Gasteiger partial charge in [0.2, 0.25) is 0 Å². The number of benzene rings is 2. The largest absolute Gasteiger partial charge is 0.481 e. The predicted molar refractivity (Wildman–Crippen MR) is 138 cm³/mol. The molecule has 0 amide bonds.